The summed E-state index contributed by atoms with van der Waals surface area (Å²) in [6.07, 6.45) is 13.2. The van der Waals surface area contributed by atoms with Crippen LogP contribution in [0.15, 0.2) is 34.4 Å². The van der Waals surface area contributed by atoms with Crippen LogP contribution in [0.3, 0.4) is 0 Å². The second kappa shape index (κ2) is 16.9. The van der Waals surface area contributed by atoms with Gasteiger partial charge in [0.1, 0.15) is 0 Å². The number of rotatable bonds is 0. The van der Waals surface area contributed by atoms with E-state index in [0.717, 1.165) is 12.8 Å². The molecule has 154 valence electrons. The Labute approximate surface area is 197 Å². The normalized spacial score (nSPS) is 14.6. The third-order valence-corrected chi connectivity index (χ3v) is 3.82. The SMILES string of the molecule is CC1=[C-]CC(C(C)(C)C)=C1.CC1=[C-]CC(C(C)(C)C)=C1.Cl.Cl.[CH3-].[CH3-].[GeH2]=[Zr]. The first-order chi connectivity index (χ1) is 10.00. The molecule has 2 aliphatic rings. The van der Waals surface area contributed by atoms with Gasteiger partial charge in [-0.2, -0.15) is 11.1 Å². The Hall–Kier alpha value is 0.966. The van der Waals surface area contributed by atoms with Crippen molar-refractivity contribution in [3.05, 3.63) is 61.4 Å². The molecule has 0 amide bonds. The third-order valence-electron chi connectivity index (χ3n) is 3.82. The maximum atomic E-state index is 3.30. The van der Waals surface area contributed by atoms with Crippen molar-refractivity contribution in [1.82, 2.24) is 0 Å². The molecule has 0 unspecified atom stereocenters. The minimum atomic E-state index is 0. The molecule has 0 radical (unpaired) electrons. The molecule has 2 rings (SSSR count). The zero-order chi connectivity index (χ0) is 17.6. The van der Waals surface area contributed by atoms with E-state index in [1.54, 1.807) is 21.6 Å². The zero-order valence-corrected chi connectivity index (χ0v) is 25.7. The monoisotopic (exact) mass is 538 g/mol. The molecule has 4 heteroatoms. The van der Waals surface area contributed by atoms with Crippen LogP contribution in [0.5, 0.6) is 0 Å². The Kier molecular flexibility index (Phi) is 24.5. The maximum absolute atomic E-state index is 3.30. The Morgan fingerprint density at radius 1 is 0.731 bits per heavy atom. The first-order valence-corrected chi connectivity index (χ1v) is 18.4. The zero-order valence-electron chi connectivity index (χ0n) is 18.6. The topological polar surface area (TPSA) is 0 Å². The summed E-state index contributed by atoms with van der Waals surface area (Å²) in [5.41, 5.74) is 6.28. The second-order valence-electron chi connectivity index (χ2n) is 7.91. The van der Waals surface area contributed by atoms with Gasteiger partial charge in [0, 0.05) is 0 Å². The van der Waals surface area contributed by atoms with Crippen LogP contribution < -0.4 is 0 Å². The van der Waals surface area contributed by atoms with Crippen molar-refractivity contribution in [2.75, 3.05) is 0 Å². The van der Waals surface area contributed by atoms with Crippen LogP contribution in [-0.2, 0) is 21.6 Å². The summed E-state index contributed by atoms with van der Waals surface area (Å²) in [6, 6.07) is 0. The average Bonchev–Trinajstić information content (AvgIpc) is 3.00. The molecule has 0 aromatic rings. The van der Waals surface area contributed by atoms with Crippen molar-refractivity contribution >= 4 is 37.0 Å². The van der Waals surface area contributed by atoms with Crippen LogP contribution in [0.2, 0.25) is 0 Å². The molecule has 0 N–H and O–H groups in total. The van der Waals surface area contributed by atoms with E-state index in [-0.39, 0.29) is 39.7 Å². The predicted molar refractivity (Wildman–Crippen MR) is 125 cm³/mol. The number of halogens is 2. The molecule has 0 heterocycles. The van der Waals surface area contributed by atoms with Gasteiger partial charge < -0.3 is 14.9 Å². The van der Waals surface area contributed by atoms with Gasteiger partial charge in [-0.15, -0.1) is 37.7 Å². The standard InChI is InChI=1S/2C10H15.2CH3.2ClH.GeH2.Zr/c2*1-8-5-6-9(7-8)10(2,3)4;;;;;;/h2*7H,6H2,1-4H3;2*1H3;2*1H;1H2;/q4*-1;;;;. The van der Waals surface area contributed by atoms with Crippen LogP contribution in [0, 0.1) is 37.8 Å². The molecule has 0 bridgehead atoms. The van der Waals surface area contributed by atoms with Crippen LogP contribution in [0.25, 0.3) is 0 Å². The van der Waals surface area contributed by atoms with Crippen molar-refractivity contribution in [1.29, 1.82) is 0 Å². The van der Waals surface area contributed by atoms with Gasteiger partial charge in [-0.1, -0.05) is 55.4 Å². The molecule has 0 aliphatic heterocycles. The molecule has 26 heavy (non-hydrogen) atoms. The summed E-state index contributed by atoms with van der Waals surface area (Å²) in [4.78, 5) is 0. The second-order valence-corrected chi connectivity index (χ2v) is 7.91. The van der Waals surface area contributed by atoms with Gasteiger partial charge in [0.05, 0.1) is 0 Å². The minimum absolute atomic E-state index is 0. The van der Waals surface area contributed by atoms with Gasteiger partial charge in [0.2, 0.25) is 0 Å². The van der Waals surface area contributed by atoms with Crippen molar-refractivity contribution in [2.45, 2.75) is 68.2 Å². The summed E-state index contributed by atoms with van der Waals surface area (Å²) < 4.78 is 0. The van der Waals surface area contributed by atoms with E-state index in [0.29, 0.717) is 10.8 Å². The summed E-state index contributed by atoms with van der Waals surface area (Å²) >= 11 is 3.14. The first-order valence-electron chi connectivity index (χ1n) is 7.92. The number of hydrogen-bond acceptors (Lipinski definition) is 0. The first kappa shape index (κ1) is 37.7. The van der Waals surface area contributed by atoms with Crippen LogP contribution >= 0.6 is 24.8 Å². The molecule has 0 saturated heterocycles. The molecule has 0 nitrogen and oxygen atoms in total. The molecule has 0 aromatic heterocycles. The van der Waals surface area contributed by atoms with Gasteiger partial charge in [-0.05, 0) is 10.8 Å². The van der Waals surface area contributed by atoms with E-state index in [4.69, 9.17) is 0 Å². The van der Waals surface area contributed by atoms with E-state index < -0.39 is 0 Å². The quantitative estimate of drug-likeness (QED) is 0.229. The van der Waals surface area contributed by atoms with Gasteiger partial charge >= 0.3 is 33.7 Å². The predicted octanol–water partition coefficient (Wildman–Crippen LogP) is 7.05. The van der Waals surface area contributed by atoms with Crippen LogP contribution in [0.1, 0.15) is 68.2 Å². The molecule has 0 saturated carbocycles. The van der Waals surface area contributed by atoms with E-state index >= 15 is 0 Å². The van der Waals surface area contributed by atoms with Gasteiger partial charge in [-0.3, -0.25) is 12.2 Å². The number of hydrogen-bond donors (Lipinski definition) is 0. The summed E-state index contributed by atoms with van der Waals surface area (Å²) in [5.74, 6) is 0. The van der Waals surface area contributed by atoms with E-state index in [1.807, 2.05) is 0 Å². The molecule has 0 spiro atoms. The van der Waals surface area contributed by atoms with Gasteiger partial charge in [0.25, 0.3) is 0 Å². The van der Waals surface area contributed by atoms with E-state index in [2.05, 4.69) is 79.7 Å². The fraction of sp³-hybridized carbons (Fsp3) is 0.545. The molecule has 0 aromatic carbocycles. The number of allylic oxidation sites excluding steroid dienone is 8. The average molecular weight is 539 g/mol. The molecule has 2 aliphatic carbocycles. The molecule has 0 fully saturated rings. The molecular formula is C22H40Cl2GeZr-4. The van der Waals surface area contributed by atoms with Crippen LogP contribution in [-0.4, -0.2) is 12.1 Å². The molecule has 0 atom stereocenters. The summed E-state index contributed by atoms with van der Waals surface area (Å²) in [6.45, 7) is 17.7. The summed E-state index contributed by atoms with van der Waals surface area (Å²) in [5, 5.41) is 0. The van der Waals surface area contributed by atoms with E-state index in [1.165, 1.54) is 34.4 Å². The Morgan fingerprint density at radius 3 is 1.04 bits per heavy atom. The molecular weight excluding hydrogens is 499 g/mol. The van der Waals surface area contributed by atoms with Crippen molar-refractivity contribution in [2.24, 2.45) is 10.8 Å². The van der Waals surface area contributed by atoms with Crippen molar-refractivity contribution < 1.29 is 21.6 Å². The third kappa shape index (κ3) is 15.0. The fourth-order valence-electron chi connectivity index (χ4n) is 2.16. The van der Waals surface area contributed by atoms with Gasteiger partial charge in [-0.25, -0.2) is 23.3 Å². The Bertz CT molecular complexity index is 455. The Balaban J connectivity index is -0.0000000904. The summed E-state index contributed by atoms with van der Waals surface area (Å²) in [7, 11) is 0. The van der Waals surface area contributed by atoms with Gasteiger partial charge in [0.15, 0.2) is 0 Å². The Morgan fingerprint density at radius 2 is 0.962 bits per heavy atom. The fourth-order valence-corrected chi connectivity index (χ4v) is 2.16. The van der Waals surface area contributed by atoms with Crippen molar-refractivity contribution in [3.8, 4) is 0 Å². The van der Waals surface area contributed by atoms with E-state index in [9.17, 15) is 0 Å². The van der Waals surface area contributed by atoms with Crippen molar-refractivity contribution in [3.63, 3.8) is 0 Å². The van der Waals surface area contributed by atoms with Crippen LogP contribution in [0.4, 0.5) is 0 Å².